The van der Waals surface area contributed by atoms with Crippen molar-refractivity contribution in [2.24, 2.45) is 5.92 Å². The molecule has 152 valence electrons. The quantitative estimate of drug-likeness (QED) is 0.496. The Morgan fingerprint density at radius 3 is 2.44 bits per heavy atom. The maximum Gasteiger partial charge on any atom is 0.256 e. The second-order valence-electron chi connectivity index (χ2n) is 6.17. The minimum atomic E-state index is -4.09. The molecule has 0 aromatic heterocycles. The third kappa shape index (κ3) is 8.27. The molecule has 1 aromatic carbocycles. The Bertz CT molecular complexity index is 773. The first-order chi connectivity index (χ1) is 12.6. The fraction of sp³-hybridized carbons (Fsp3) is 0.500. The Kier molecular flexibility index (Phi) is 9.89. The van der Waals surface area contributed by atoms with Crippen molar-refractivity contribution in [1.29, 1.82) is 0 Å². The second kappa shape index (κ2) is 11.1. The summed E-state index contributed by atoms with van der Waals surface area (Å²) in [5.41, 5.74) is 4.55. The van der Waals surface area contributed by atoms with E-state index in [9.17, 15) is 18.0 Å². The van der Waals surface area contributed by atoms with Crippen molar-refractivity contribution in [2.75, 3.05) is 12.0 Å². The smallest absolute Gasteiger partial charge is 0.256 e. The lowest BCUT2D eigenvalue weighted by Gasteiger charge is -2.19. The lowest BCUT2D eigenvalue weighted by molar-refractivity contribution is -0.130. The van der Waals surface area contributed by atoms with Crippen molar-refractivity contribution in [2.45, 2.75) is 37.6 Å². The van der Waals surface area contributed by atoms with Gasteiger partial charge in [-0.15, -0.1) is 0 Å². The molecule has 0 saturated heterocycles. The number of hydrogen-bond donors (Lipinski definition) is 3. The van der Waals surface area contributed by atoms with Crippen LogP contribution in [-0.2, 0) is 19.6 Å². The Balaban J connectivity index is 2.91. The van der Waals surface area contributed by atoms with Crippen molar-refractivity contribution >= 4 is 56.8 Å². The zero-order valence-electron chi connectivity index (χ0n) is 15.2. The van der Waals surface area contributed by atoms with Gasteiger partial charge in [0.25, 0.3) is 5.91 Å². The molecule has 0 heterocycles. The molecule has 0 aliphatic rings. The van der Waals surface area contributed by atoms with Gasteiger partial charge in [0.15, 0.2) is 0 Å². The number of hydrazine groups is 1. The van der Waals surface area contributed by atoms with Crippen molar-refractivity contribution in [3.05, 3.63) is 28.2 Å². The number of halogens is 2. The number of thioether (sulfide) groups is 1. The van der Waals surface area contributed by atoms with Crippen LogP contribution in [0.5, 0.6) is 0 Å². The molecule has 2 amide bonds. The minimum absolute atomic E-state index is 0.0128. The molecule has 1 atom stereocenters. The van der Waals surface area contributed by atoms with Gasteiger partial charge in [-0.3, -0.25) is 20.4 Å². The maximum absolute atomic E-state index is 12.6. The fourth-order valence-corrected chi connectivity index (χ4v) is 4.52. The van der Waals surface area contributed by atoms with Crippen LogP contribution in [0.1, 0.15) is 26.7 Å². The van der Waals surface area contributed by atoms with Gasteiger partial charge in [0.05, 0.1) is 5.02 Å². The van der Waals surface area contributed by atoms with Gasteiger partial charge in [-0.1, -0.05) is 37.0 Å². The molecule has 0 spiro atoms. The van der Waals surface area contributed by atoms with Crippen LogP contribution in [0.15, 0.2) is 23.1 Å². The molecule has 0 bridgehead atoms. The number of sulfonamides is 1. The van der Waals surface area contributed by atoms with Crippen molar-refractivity contribution in [1.82, 2.24) is 15.6 Å². The van der Waals surface area contributed by atoms with Crippen molar-refractivity contribution < 1.29 is 18.0 Å². The summed E-state index contributed by atoms with van der Waals surface area (Å²) in [6.07, 6.45) is 2.30. The Morgan fingerprint density at radius 2 is 1.85 bits per heavy atom. The molecular formula is C16H23Cl2N3O4S2. The molecular weight excluding hydrogens is 433 g/mol. The molecule has 27 heavy (non-hydrogen) atoms. The van der Waals surface area contributed by atoms with E-state index in [-0.39, 0.29) is 39.6 Å². The summed E-state index contributed by atoms with van der Waals surface area (Å²) in [6.45, 7) is 3.73. The van der Waals surface area contributed by atoms with Crippen LogP contribution in [0.2, 0.25) is 10.0 Å². The normalized spacial score (nSPS) is 12.7. The van der Waals surface area contributed by atoms with Gasteiger partial charge in [-0.25, -0.2) is 8.42 Å². The molecule has 0 saturated carbocycles. The third-order valence-electron chi connectivity index (χ3n) is 3.33. The lowest BCUT2D eigenvalue weighted by atomic mass is 10.1. The molecule has 1 rings (SSSR count). The first-order valence-corrected chi connectivity index (χ1v) is 11.7. The summed E-state index contributed by atoms with van der Waals surface area (Å²) in [5.74, 6) is -0.368. The van der Waals surface area contributed by atoms with E-state index < -0.39 is 22.0 Å². The zero-order valence-corrected chi connectivity index (χ0v) is 18.4. The number of nitrogens with one attached hydrogen (secondary N) is 3. The van der Waals surface area contributed by atoms with E-state index in [0.29, 0.717) is 5.75 Å². The predicted octanol–water partition coefficient (Wildman–Crippen LogP) is 2.59. The largest absolute Gasteiger partial charge is 0.273 e. The summed E-state index contributed by atoms with van der Waals surface area (Å²) >= 11 is 13.3. The van der Waals surface area contributed by atoms with E-state index in [1.165, 1.54) is 30.0 Å². The second-order valence-corrected chi connectivity index (χ2v) is 9.68. The van der Waals surface area contributed by atoms with E-state index >= 15 is 0 Å². The van der Waals surface area contributed by atoms with Gasteiger partial charge in [-0.2, -0.15) is 16.5 Å². The monoisotopic (exact) mass is 455 g/mol. The zero-order chi connectivity index (χ0) is 20.6. The van der Waals surface area contributed by atoms with Gasteiger partial charge < -0.3 is 0 Å². The number of amides is 2. The van der Waals surface area contributed by atoms with E-state index in [4.69, 9.17) is 23.2 Å². The highest BCUT2D eigenvalue weighted by Crippen LogP contribution is 2.25. The number of rotatable bonds is 9. The van der Waals surface area contributed by atoms with Gasteiger partial charge in [0, 0.05) is 11.4 Å². The summed E-state index contributed by atoms with van der Waals surface area (Å²) in [7, 11) is -4.09. The predicted molar refractivity (Wildman–Crippen MR) is 109 cm³/mol. The number of hydrogen-bond acceptors (Lipinski definition) is 5. The fourth-order valence-electron chi connectivity index (χ4n) is 2.05. The highest BCUT2D eigenvalue weighted by atomic mass is 35.5. The van der Waals surface area contributed by atoms with Crippen LogP contribution >= 0.6 is 35.0 Å². The maximum atomic E-state index is 12.6. The average molecular weight is 456 g/mol. The van der Waals surface area contributed by atoms with Gasteiger partial charge in [0.1, 0.15) is 10.9 Å². The topological polar surface area (TPSA) is 104 Å². The van der Waals surface area contributed by atoms with Crippen LogP contribution in [0, 0.1) is 5.92 Å². The summed E-state index contributed by atoms with van der Waals surface area (Å²) in [5, 5.41) is 0.187. The summed E-state index contributed by atoms with van der Waals surface area (Å²) in [6, 6.07) is 2.95. The molecule has 0 radical (unpaired) electrons. The van der Waals surface area contributed by atoms with Gasteiger partial charge >= 0.3 is 0 Å². The molecule has 1 aromatic rings. The standard InChI is InChI=1S/C16H23Cl2N3O4S2/c1-10(2)8-15(22)19-20-16(23)13(6-7-26-3)21-27(24,25)14-9-11(17)4-5-12(14)18/h4-5,9-10,13,21H,6-8H2,1-3H3,(H,19,22)(H,20,23). The van der Waals surface area contributed by atoms with Gasteiger partial charge in [-0.05, 0) is 42.5 Å². The Hall–Kier alpha value is -1.00. The highest BCUT2D eigenvalue weighted by molar-refractivity contribution is 7.98. The molecule has 3 N–H and O–H groups in total. The molecule has 0 aliphatic heterocycles. The summed E-state index contributed by atoms with van der Waals surface area (Å²) < 4.78 is 27.6. The summed E-state index contributed by atoms with van der Waals surface area (Å²) in [4.78, 5) is 23.8. The van der Waals surface area contributed by atoms with E-state index in [1.807, 2.05) is 20.1 Å². The first kappa shape index (κ1) is 24.0. The molecule has 0 aliphatic carbocycles. The van der Waals surface area contributed by atoms with E-state index in [0.717, 1.165) is 0 Å². The van der Waals surface area contributed by atoms with Crippen LogP contribution in [0.3, 0.4) is 0 Å². The lowest BCUT2D eigenvalue weighted by Crippen LogP contribution is -2.52. The number of benzene rings is 1. The van der Waals surface area contributed by atoms with Crippen molar-refractivity contribution in [3.8, 4) is 0 Å². The molecule has 11 heteroatoms. The minimum Gasteiger partial charge on any atom is -0.273 e. The Morgan fingerprint density at radius 1 is 1.19 bits per heavy atom. The van der Waals surface area contributed by atoms with Crippen LogP contribution in [0.25, 0.3) is 0 Å². The van der Waals surface area contributed by atoms with Crippen LogP contribution in [-0.4, -0.2) is 38.3 Å². The molecule has 1 unspecified atom stereocenters. The number of carbonyl (C=O) groups is 2. The van der Waals surface area contributed by atoms with E-state index in [1.54, 1.807) is 0 Å². The molecule has 7 nitrogen and oxygen atoms in total. The average Bonchev–Trinajstić information content (AvgIpc) is 2.57. The number of carbonyl (C=O) groups excluding carboxylic acids is 2. The van der Waals surface area contributed by atoms with Crippen molar-refractivity contribution in [3.63, 3.8) is 0 Å². The van der Waals surface area contributed by atoms with Crippen LogP contribution in [0.4, 0.5) is 0 Å². The SMILES string of the molecule is CSCCC(NS(=O)(=O)c1cc(Cl)ccc1Cl)C(=O)NNC(=O)CC(C)C. The van der Waals surface area contributed by atoms with Crippen LogP contribution < -0.4 is 15.6 Å². The molecule has 0 fully saturated rings. The first-order valence-electron chi connectivity index (χ1n) is 8.11. The van der Waals surface area contributed by atoms with Gasteiger partial charge in [0.2, 0.25) is 15.9 Å². The third-order valence-corrected chi connectivity index (χ3v) is 6.16. The highest BCUT2D eigenvalue weighted by Gasteiger charge is 2.27. The van der Waals surface area contributed by atoms with E-state index in [2.05, 4.69) is 15.6 Å². The Labute approximate surface area is 174 Å².